The Morgan fingerprint density at radius 2 is 1.83 bits per heavy atom. The zero-order valence-corrected chi connectivity index (χ0v) is 15.5. The lowest BCUT2D eigenvalue weighted by Gasteiger charge is -2.12. The maximum atomic E-state index is 12.3. The van der Waals surface area contributed by atoms with E-state index in [2.05, 4.69) is 4.47 Å². The molecule has 148 valence electrons. The summed E-state index contributed by atoms with van der Waals surface area (Å²) in [6.07, 6.45) is 5.82. The van der Waals surface area contributed by atoms with Gasteiger partial charge in [0.05, 0.1) is 10.6 Å². The number of nitro benzene ring substituents is 1. The summed E-state index contributed by atoms with van der Waals surface area (Å²) in [7, 11) is -2.90. The van der Waals surface area contributed by atoms with Gasteiger partial charge in [0, 0.05) is 18.2 Å². The van der Waals surface area contributed by atoms with E-state index in [1.807, 2.05) is 0 Å². The Hall–Kier alpha value is -3.99. The molecule has 10 nitrogen and oxygen atoms in total. The van der Waals surface area contributed by atoms with Crippen molar-refractivity contribution in [2.45, 2.75) is 0 Å². The quantitative estimate of drug-likeness (QED) is 0.307. The first kappa shape index (κ1) is 19.8. The smallest absolute Gasteiger partial charge is 0.333 e. The molecular weight excluding hydrogens is 402 g/mol. The van der Waals surface area contributed by atoms with Gasteiger partial charge in [0.2, 0.25) is 6.79 Å². The summed E-state index contributed by atoms with van der Waals surface area (Å²) in [5.41, 5.74) is 0.671. The number of allylic oxidation sites excluding steroid dienone is 2. The minimum Gasteiger partial charge on any atom is -0.454 e. The molecule has 0 aromatic heterocycles. The van der Waals surface area contributed by atoms with E-state index < -0.39 is 21.3 Å². The third-order valence-corrected chi connectivity index (χ3v) is 3.99. The zero-order valence-electron chi connectivity index (χ0n) is 14.7. The number of carbonyl (C=O) groups excluding carboxylic acids is 1. The molecule has 0 radical (unpaired) electrons. The van der Waals surface area contributed by atoms with E-state index in [0.717, 1.165) is 23.8 Å². The van der Waals surface area contributed by atoms with Gasteiger partial charge in [-0.2, -0.15) is 13.4 Å². The van der Waals surface area contributed by atoms with Gasteiger partial charge in [0.1, 0.15) is 0 Å². The summed E-state index contributed by atoms with van der Waals surface area (Å²) < 4.78 is 35.6. The minimum atomic E-state index is -2.90. The summed E-state index contributed by atoms with van der Waals surface area (Å²) in [4.78, 5) is 22.4. The van der Waals surface area contributed by atoms with Gasteiger partial charge in [-0.3, -0.25) is 14.9 Å². The molecule has 1 aliphatic heterocycles. The standard InChI is InChI=1S/C18H13N3O7S/c22-18(4-2-1-3-13-5-10-16-17(11-13)28-12-27-16)20(19-29(25)26)14-6-8-15(9-7-14)21(23)24/h1-11H,12H2. The molecule has 1 aliphatic rings. The van der Waals surface area contributed by atoms with Crippen molar-refractivity contribution in [3.05, 3.63) is 76.4 Å². The van der Waals surface area contributed by atoms with Crippen LogP contribution < -0.4 is 14.5 Å². The molecule has 0 spiro atoms. The Morgan fingerprint density at radius 3 is 2.52 bits per heavy atom. The van der Waals surface area contributed by atoms with Crippen LogP contribution in [0.3, 0.4) is 0 Å². The van der Waals surface area contributed by atoms with E-state index in [0.29, 0.717) is 16.5 Å². The van der Waals surface area contributed by atoms with E-state index in [9.17, 15) is 23.3 Å². The number of fused-ring (bicyclic) bond motifs is 1. The van der Waals surface area contributed by atoms with E-state index in [1.54, 1.807) is 30.4 Å². The second kappa shape index (κ2) is 8.80. The number of non-ortho nitro benzene ring substituents is 1. The lowest BCUT2D eigenvalue weighted by Crippen LogP contribution is -2.22. The molecule has 1 heterocycles. The Morgan fingerprint density at radius 1 is 1.10 bits per heavy atom. The molecule has 0 fully saturated rings. The summed E-state index contributed by atoms with van der Waals surface area (Å²) >= 11 is 0. The molecule has 0 aliphatic carbocycles. The highest BCUT2D eigenvalue weighted by Crippen LogP contribution is 2.32. The van der Waals surface area contributed by atoms with Gasteiger partial charge in [0.15, 0.2) is 11.5 Å². The fourth-order valence-electron chi connectivity index (χ4n) is 2.39. The monoisotopic (exact) mass is 415 g/mol. The number of benzene rings is 2. The van der Waals surface area contributed by atoms with Crippen LogP contribution in [0.25, 0.3) is 6.08 Å². The van der Waals surface area contributed by atoms with Gasteiger partial charge in [-0.25, -0.2) is 0 Å². The first-order chi connectivity index (χ1) is 13.9. The lowest BCUT2D eigenvalue weighted by molar-refractivity contribution is -0.384. The fraction of sp³-hybridized carbons (Fsp3) is 0.0556. The Labute approximate surface area is 166 Å². The second-order valence-electron chi connectivity index (χ2n) is 5.55. The van der Waals surface area contributed by atoms with Crippen molar-refractivity contribution in [1.29, 1.82) is 0 Å². The van der Waals surface area contributed by atoms with Crippen LogP contribution in [0.5, 0.6) is 11.5 Å². The summed E-state index contributed by atoms with van der Waals surface area (Å²) in [5.74, 6) is 0.519. The number of anilines is 1. The number of ether oxygens (including phenoxy) is 2. The molecule has 29 heavy (non-hydrogen) atoms. The number of hydrogen-bond acceptors (Lipinski definition) is 8. The molecule has 0 atom stereocenters. The molecular formula is C18H13N3O7S. The van der Waals surface area contributed by atoms with Crippen molar-refractivity contribution in [3.8, 4) is 11.5 Å². The van der Waals surface area contributed by atoms with Crippen molar-refractivity contribution < 1.29 is 27.6 Å². The predicted octanol–water partition coefficient (Wildman–Crippen LogP) is 2.90. The number of amides is 1. The molecule has 0 saturated carbocycles. The maximum absolute atomic E-state index is 12.3. The first-order valence-electron chi connectivity index (χ1n) is 8.08. The number of rotatable bonds is 6. The zero-order chi connectivity index (χ0) is 20.8. The van der Waals surface area contributed by atoms with Crippen LogP contribution in [0.2, 0.25) is 0 Å². The largest absolute Gasteiger partial charge is 0.454 e. The number of nitro groups is 1. The highest BCUT2D eigenvalue weighted by atomic mass is 32.2. The summed E-state index contributed by atoms with van der Waals surface area (Å²) in [6, 6.07) is 10.1. The number of nitrogens with zero attached hydrogens (tertiary/aromatic N) is 3. The van der Waals surface area contributed by atoms with E-state index in [-0.39, 0.29) is 18.2 Å². The first-order valence-corrected chi connectivity index (χ1v) is 9.11. The second-order valence-corrected chi connectivity index (χ2v) is 6.15. The van der Waals surface area contributed by atoms with Crippen LogP contribution in [0.4, 0.5) is 11.4 Å². The maximum Gasteiger partial charge on any atom is 0.333 e. The third-order valence-electron chi connectivity index (χ3n) is 3.70. The van der Waals surface area contributed by atoms with Crippen LogP contribution in [0, 0.1) is 10.1 Å². The molecule has 0 bridgehead atoms. The Balaban J connectivity index is 1.74. The lowest BCUT2D eigenvalue weighted by atomic mass is 10.2. The number of carbonyl (C=O) groups is 1. The Bertz CT molecular complexity index is 1130. The van der Waals surface area contributed by atoms with Crippen LogP contribution >= 0.6 is 0 Å². The van der Waals surface area contributed by atoms with Gasteiger partial charge in [-0.15, -0.1) is 0 Å². The highest BCUT2D eigenvalue weighted by Gasteiger charge is 2.15. The molecule has 0 unspecified atom stereocenters. The van der Waals surface area contributed by atoms with Gasteiger partial charge in [-0.1, -0.05) is 24.3 Å². The van der Waals surface area contributed by atoms with E-state index >= 15 is 0 Å². The van der Waals surface area contributed by atoms with Gasteiger partial charge < -0.3 is 9.47 Å². The summed E-state index contributed by atoms with van der Waals surface area (Å²) in [5, 5.41) is 11.3. The minimum absolute atomic E-state index is 0.0641. The highest BCUT2D eigenvalue weighted by molar-refractivity contribution is 7.61. The average molecular weight is 415 g/mol. The average Bonchev–Trinajstić information content (AvgIpc) is 3.17. The van der Waals surface area contributed by atoms with Crippen LogP contribution in [-0.4, -0.2) is 26.0 Å². The van der Waals surface area contributed by atoms with Crippen molar-refractivity contribution in [2.75, 3.05) is 11.8 Å². The van der Waals surface area contributed by atoms with Gasteiger partial charge >= 0.3 is 10.5 Å². The molecule has 1 amide bonds. The van der Waals surface area contributed by atoms with Gasteiger partial charge in [0.25, 0.3) is 11.6 Å². The van der Waals surface area contributed by atoms with Crippen molar-refractivity contribution >= 4 is 33.9 Å². The molecule has 3 rings (SSSR count). The predicted molar refractivity (Wildman–Crippen MR) is 103 cm³/mol. The Kier molecular flexibility index (Phi) is 6.00. The number of hydrogen-bond donors (Lipinski definition) is 0. The van der Waals surface area contributed by atoms with Crippen LogP contribution in [0.1, 0.15) is 5.56 Å². The van der Waals surface area contributed by atoms with Crippen molar-refractivity contribution in [3.63, 3.8) is 0 Å². The molecule has 11 heteroatoms. The van der Waals surface area contributed by atoms with Gasteiger partial charge in [-0.05, 0) is 34.3 Å². The van der Waals surface area contributed by atoms with E-state index in [1.165, 1.54) is 18.2 Å². The molecule has 2 aromatic carbocycles. The molecule has 0 saturated heterocycles. The van der Waals surface area contributed by atoms with E-state index in [4.69, 9.17) is 9.47 Å². The summed E-state index contributed by atoms with van der Waals surface area (Å²) in [6.45, 7) is 0.167. The molecule has 0 N–H and O–H groups in total. The third kappa shape index (κ3) is 5.05. The molecule has 2 aromatic rings. The fourth-order valence-corrected chi connectivity index (χ4v) is 2.70. The van der Waals surface area contributed by atoms with Crippen molar-refractivity contribution in [1.82, 2.24) is 0 Å². The van der Waals surface area contributed by atoms with Crippen LogP contribution in [-0.2, 0) is 15.3 Å². The van der Waals surface area contributed by atoms with Crippen LogP contribution in [0.15, 0.2) is 65.2 Å². The normalized spacial score (nSPS) is 12.3. The topological polar surface area (TPSA) is 128 Å². The van der Waals surface area contributed by atoms with Crippen molar-refractivity contribution in [2.24, 2.45) is 4.47 Å². The SMILES string of the molecule is O=C(C=CC=Cc1ccc2c(c1)OCO2)N(N=S(=O)=O)c1ccc([N+](=O)[O-])cc1.